The molecule has 0 spiro atoms. The number of aromatic nitrogens is 2. The second-order valence-corrected chi connectivity index (χ2v) is 11.0. The van der Waals surface area contributed by atoms with Crippen LogP contribution in [0.3, 0.4) is 0 Å². The maximum atomic E-state index is 12.6. The summed E-state index contributed by atoms with van der Waals surface area (Å²) in [5, 5.41) is 5.83. The molecule has 42 heavy (non-hydrogen) atoms. The molecule has 2 heterocycles. The number of hydrogen-bond acceptors (Lipinski definition) is 7. The van der Waals surface area contributed by atoms with Crippen LogP contribution in [-0.4, -0.2) is 47.4 Å². The van der Waals surface area contributed by atoms with Crippen molar-refractivity contribution in [3.05, 3.63) is 103 Å². The topological polar surface area (TPSA) is 99.6 Å². The molecule has 5 rings (SSSR count). The zero-order valence-corrected chi connectivity index (χ0v) is 24.1. The molecule has 0 aliphatic carbocycles. The molecule has 0 aliphatic heterocycles. The van der Waals surface area contributed by atoms with Crippen molar-refractivity contribution >= 4 is 33.7 Å². The number of amides is 1. The number of alkyl carbamates (subject to hydrolysis) is 1. The Balaban J connectivity index is 1.31. The molecule has 0 unspecified atom stereocenters. The average Bonchev–Trinajstić information content (AvgIpc) is 2.98. The minimum atomic E-state index is -0.613. The predicted molar refractivity (Wildman–Crippen MR) is 163 cm³/mol. The van der Waals surface area contributed by atoms with Crippen LogP contribution in [0.2, 0.25) is 0 Å². The molecule has 0 saturated heterocycles. The smallest absolute Gasteiger partial charge is 0.408 e. The Bertz CT molecular complexity index is 1730. The van der Waals surface area contributed by atoms with Crippen molar-refractivity contribution in [3.8, 4) is 16.9 Å². The molecule has 0 radical (unpaired) electrons. The van der Waals surface area contributed by atoms with E-state index in [-0.39, 0.29) is 12.6 Å². The number of rotatable bonds is 8. The third-order valence-corrected chi connectivity index (χ3v) is 6.69. The Morgan fingerprint density at radius 1 is 0.881 bits per heavy atom. The lowest BCUT2D eigenvalue weighted by Gasteiger charge is -2.24. The molecule has 0 bridgehead atoms. The van der Waals surface area contributed by atoms with Crippen LogP contribution in [0.4, 0.5) is 4.79 Å². The maximum Gasteiger partial charge on any atom is 0.408 e. The lowest BCUT2D eigenvalue weighted by atomic mass is 10.0. The summed E-state index contributed by atoms with van der Waals surface area (Å²) in [7, 11) is 1.37. The number of nitrogens with one attached hydrogen (secondary N) is 1. The summed E-state index contributed by atoms with van der Waals surface area (Å²) >= 11 is 0. The summed E-state index contributed by atoms with van der Waals surface area (Å²) in [6, 6.07) is 22.9. The summed E-state index contributed by atoms with van der Waals surface area (Å²) in [5.74, 6) is 0.260. The summed E-state index contributed by atoms with van der Waals surface area (Å²) in [6.45, 7) is 5.75. The van der Waals surface area contributed by atoms with Gasteiger partial charge in [-0.1, -0.05) is 36.4 Å². The highest BCUT2D eigenvalue weighted by Crippen LogP contribution is 2.28. The van der Waals surface area contributed by atoms with Crippen LogP contribution >= 0.6 is 0 Å². The molecule has 1 N–H and O–H groups in total. The molecular formula is C34H33N3O5. The van der Waals surface area contributed by atoms with Gasteiger partial charge in [0.1, 0.15) is 18.0 Å². The van der Waals surface area contributed by atoms with Crippen molar-refractivity contribution in [3.63, 3.8) is 0 Å². The van der Waals surface area contributed by atoms with Crippen LogP contribution in [-0.2, 0) is 15.9 Å². The first-order chi connectivity index (χ1) is 20.2. The number of pyridine rings is 2. The van der Waals surface area contributed by atoms with Gasteiger partial charge in [-0.05, 0) is 85.7 Å². The molecule has 0 aliphatic rings. The first-order valence-corrected chi connectivity index (χ1v) is 13.7. The van der Waals surface area contributed by atoms with E-state index >= 15 is 0 Å². The number of ether oxygens (including phenoxy) is 3. The number of fused-ring (bicyclic) bond motifs is 2. The van der Waals surface area contributed by atoms with Crippen molar-refractivity contribution in [1.29, 1.82) is 0 Å². The van der Waals surface area contributed by atoms with Gasteiger partial charge in [0.25, 0.3) is 0 Å². The van der Waals surface area contributed by atoms with Gasteiger partial charge in [0.15, 0.2) is 0 Å². The first-order valence-electron chi connectivity index (χ1n) is 13.7. The van der Waals surface area contributed by atoms with E-state index < -0.39 is 17.7 Å². The van der Waals surface area contributed by atoms with Gasteiger partial charge in [-0.2, -0.15) is 0 Å². The molecule has 3 aromatic carbocycles. The number of hydrogen-bond donors (Lipinski definition) is 1. The predicted octanol–water partition coefficient (Wildman–Crippen LogP) is 6.75. The molecule has 8 heteroatoms. The first kappa shape index (κ1) is 28.5. The van der Waals surface area contributed by atoms with Crippen LogP contribution in [0.1, 0.15) is 36.7 Å². The van der Waals surface area contributed by atoms with E-state index in [1.54, 1.807) is 18.5 Å². The standard InChI is InChI=1S/C34H33N3O5/c1-34(2,3)42-33(39)37-27(18-22-5-6-26-20-35-15-13-25(26)17-22)21-41-28-10-7-23(8-11-28)24-9-12-31-30(19-24)29(14-16-36-31)32(38)40-4/h5-17,19-20,27H,18,21H2,1-4H3,(H,37,39)/t27-/m1/s1. The van der Waals surface area contributed by atoms with E-state index in [9.17, 15) is 9.59 Å². The summed E-state index contributed by atoms with van der Waals surface area (Å²) < 4.78 is 16.6. The van der Waals surface area contributed by atoms with Crippen molar-refractivity contribution in [2.45, 2.75) is 38.8 Å². The highest BCUT2D eigenvalue weighted by atomic mass is 16.6. The molecule has 2 aromatic heterocycles. The fourth-order valence-corrected chi connectivity index (χ4v) is 4.72. The van der Waals surface area contributed by atoms with E-state index in [0.717, 1.165) is 32.8 Å². The van der Waals surface area contributed by atoms with Crippen molar-refractivity contribution in [2.24, 2.45) is 0 Å². The van der Waals surface area contributed by atoms with Crippen LogP contribution < -0.4 is 10.1 Å². The van der Waals surface area contributed by atoms with Gasteiger partial charge in [-0.25, -0.2) is 9.59 Å². The second-order valence-electron chi connectivity index (χ2n) is 11.0. The number of benzene rings is 3. The molecule has 0 saturated carbocycles. The molecule has 8 nitrogen and oxygen atoms in total. The number of carbonyl (C=O) groups is 2. The summed E-state index contributed by atoms with van der Waals surface area (Å²) in [6.07, 6.45) is 5.26. The van der Waals surface area contributed by atoms with Crippen LogP contribution in [0.15, 0.2) is 91.4 Å². The van der Waals surface area contributed by atoms with E-state index in [1.165, 1.54) is 7.11 Å². The molecule has 214 valence electrons. The van der Waals surface area contributed by atoms with E-state index in [0.29, 0.717) is 23.3 Å². The van der Waals surface area contributed by atoms with E-state index in [4.69, 9.17) is 14.2 Å². The molecule has 1 atom stereocenters. The summed E-state index contributed by atoms with van der Waals surface area (Å²) in [4.78, 5) is 33.4. The van der Waals surface area contributed by atoms with Gasteiger partial charge in [-0.15, -0.1) is 0 Å². The minimum absolute atomic E-state index is 0.247. The lowest BCUT2D eigenvalue weighted by molar-refractivity contribution is 0.0487. The molecule has 1 amide bonds. The minimum Gasteiger partial charge on any atom is -0.491 e. The maximum absolute atomic E-state index is 12.6. The average molecular weight is 564 g/mol. The Kier molecular flexibility index (Phi) is 8.33. The Morgan fingerprint density at radius 2 is 1.67 bits per heavy atom. The third-order valence-electron chi connectivity index (χ3n) is 6.69. The number of esters is 1. The van der Waals surface area contributed by atoms with Crippen molar-refractivity contribution < 1.29 is 23.8 Å². The Morgan fingerprint density at radius 3 is 2.43 bits per heavy atom. The zero-order chi connectivity index (χ0) is 29.7. The van der Waals surface area contributed by atoms with Gasteiger partial charge in [0.05, 0.1) is 24.2 Å². The third kappa shape index (κ3) is 7.01. The molecular weight excluding hydrogens is 530 g/mol. The van der Waals surface area contributed by atoms with E-state index in [2.05, 4.69) is 21.4 Å². The van der Waals surface area contributed by atoms with Gasteiger partial charge < -0.3 is 19.5 Å². The summed E-state index contributed by atoms with van der Waals surface area (Å²) in [5.41, 5.74) is 3.52. The van der Waals surface area contributed by atoms with Gasteiger partial charge in [-0.3, -0.25) is 9.97 Å². The highest BCUT2D eigenvalue weighted by molar-refractivity contribution is 6.04. The highest BCUT2D eigenvalue weighted by Gasteiger charge is 2.21. The van der Waals surface area contributed by atoms with Crippen molar-refractivity contribution in [2.75, 3.05) is 13.7 Å². The fraction of sp³-hybridized carbons (Fsp3) is 0.235. The monoisotopic (exact) mass is 563 g/mol. The SMILES string of the molecule is COC(=O)c1ccnc2ccc(-c3ccc(OC[C@@H](Cc4ccc5cnccc5c4)NC(=O)OC(C)(C)C)cc3)cc12. The quantitative estimate of drug-likeness (QED) is 0.208. The van der Waals surface area contributed by atoms with E-state index in [1.807, 2.05) is 87.6 Å². The Hall–Kier alpha value is -4.98. The van der Waals surface area contributed by atoms with Crippen LogP contribution in [0.25, 0.3) is 32.8 Å². The number of nitrogens with zero attached hydrogens (tertiary/aromatic N) is 2. The molecule has 5 aromatic rings. The largest absolute Gasteiger partial charge is 0.491 e. The number of carbonyl (C=O) groups excluding carboxylic acids is 2. The Labute approximate surface area is 244 Å². The lowest BCUT2D eigenvalue weighted by Crippen LogP contribution is -2.43. The van der Waals surface area contributed by atoms with Crippen molar-refractivity contribution in [1.82, 2.24) is 15.3 Å². The number of methoxy groups -OCH3 is 1. The van der Waals surface area contributed by atoms with Crippen LogP contribution in [0, 0.1) is 0 Å². The second kappa shape index (κ2) is 12.3. The fourth-order valence-electron chi connectivity index (χ4n) is 4.72. The van der Waals surface area contributed by atoms with Crippen LogP contribution in [0.5, 0.6) is 5.75 Å². The normalized spacial score (nSPS) is 12.1. The molecule has 0 fully saturated rings. The van der Waals surface area contributed by atoms with Gasteiger partial charge >= 0.3 is 12.1 Å². The van der Waals surface area contributed by atoms with Gasteiger partial charge in [0, 0.05) is 29.4 Å². The van der Waals surface area contributed by atoms with Gasteiger partial charge in [0.2, 0.25) is 0 Å². The zero-order valence-electron chi connectivity index (χ0n) is 24.1.